The molecule has 11 heteroatoms. The molecule has 186 valence electrons. The highest BCUT2D eigenvalue weighted by molar-refractivity contribution is 6.35. The topological polar surface area (TPSA) is 127 Å². The van der Waals surface area contributed by atoms with Gasteiger partial charge in [0.15, 0.2) is 18.1 Å². The van der Waals surface area contributed by atoms with E-state index in [1.165, 1.54) is 6.21 Å². The molecule has 0 saturated carbocycles. The summed E-state index contributed by atoms with van der Waals surface area (Å²) in [6, 6.07) is 11.7. The highest BCUT2D eigenvalue weighted by Gasteiger charge is 2.19. The second-order valence-corrected chi connectivity index (χ2v) is 7.96. The van der Waals surface area contributed by atoms with Gasteiger partial charge in [0, 0.05) is 23.9 Å². The number of carbonyl (C=O) groups is 3. The smallest absolute Gasteiger partial charge is 0.329 e. The first kappa shape index (κ1) is 26.0. The third kappa shape index (κ3) is 8.58. The molecule has 1 aliphatic rings. The lowest BCUT2D eigenvalue weighted by Crippen LogP contribution is -2.41. The number of hydrogen-bond donors (Lipinski definition) is 3. The number of halogens is 1. The monoisotopic (exact) mass is 502 g/mol. The average Bonchev–Trinajstić information content (AvgIpc) is 3.37. The fraction of sp³-hybridized carbons (Fsp3) is 0.333. The zero-order valence-electron chi connectivity index (χ0n) is 19.2. The van der Waals surface area contributed by atoms with Crippen LogP contribution in [0.15, 0.2) is 47.6 Å². The Balaban J connectivity index is 1.50. The molecule has 0 aromatic heterocycles. The van der Waals surface area contributed by atoms with Gasteiger partial charge in [-0.3, -0.25) is 14.4 Å². The molecule has 0 aliphatic carbocycles. The predicted octanol–water partition coefficient (Wildman–Crippen LogP) is 2.50. The van der Waals surface area contributed by atoms with Crippen LogP contribution >= 0.6 is 11.6 Å². The molecule has 1 fully saturated rings. The van der Waals surface area contributed by atoms with Crippen LogP contribution in [0.5, 0.6) is 11.5 Å². The van der Waals surface area contributed by atoms with Crippen LogP contribution in [-0.2, 0) is 19.1 Å². The van der Waals surface area contributed by atoms with Crippen LogP contribution in [0, 0.1) is 0 Å². The van der Waals surface area contributed by atoms with Crippen LogP contribution in [-0.4, -0.2) is 56.4 Å². The molecule has 0 spiro atoms. The molecule has 3 N–H and O–H groups in total. The Kier molecular flexibility index (Phi) is 9.88. The molecule has 3 rings (SSSR count). The molecule has 2 aromatic rings. The number of carbonyl (C=O) groups excluding carboxylic acids is 3. The molecule has 0 radical (unpaired) electrons. The van der Waals surface area contributed by atoms with Gasteiger partial charge in [0.1, 0.15) is 0 Å². The Labute approximate surface area is 208 Å². The summed E-state index contributed by atoms with van der Waals surface area (Å²) in [6.45, 7) is 2.91. The third-order valence-corrected chi connectivity index (χ3v) is 5.11. The van der Waals surface area contributed by atoms with E-state index in [1.54, 1.807) is 42.5 Å². The summed E-state index contributed by atoms with van der Waals surface area (Å²) in [7, 11) is 0. The Bertz CT molecular complexity index is 1050. The maximum absolute atomic E-state index is 12.2. The van der Waals surface area contributed by atoms with E-state index in [1.807, 2.05) is 6.92 Å². The number of rotatable bonds is 10. The summed E-state index contributed by atoms with van der Waals surface area (Å²) in [5.41, 5.74) is 3.37. The van der Waals surface area contributed by atoms with Crippen LogP contribution in [0.4, 0.5) is 5.69 Å². The van der Waals surface area contributed by atoms with Crippen LogP contribution in [0.3, 0.4) is 0 Å². The van der Waals surface area contributed by atoms with Gasteiger partial charge < -0.3 is 24.8 Å². The van der Waals surface area contributed by atoms with E-state index in [-0.39, 0.29) is 25.2 Å². The van der Waals surface area contributed by atoms with E-state index >= 15 is 0 Å². The second kappa shape index (κ2) is 13.3. The lowest BCUT2D eigenvalue weighted by Gasteiger charge is -2.12. The SMILES string of the molecule is CCOc1cc(/C=N\NC(=O)C(=O)NC[C@@H]2CCCO2)ccc1OCC(=O)Nc1ccc(Cl)cc1. The standard InChI is InChI=1S/C24H27ClN4O6/c1-2-33-21-12-16(13-27-29-24(32)23(31)26-14-19-4-3-11-34-19)5-10-20(21)35-15-22(30)28-18-8-6-17(25)7-9-18/h5-10,12-13,19H,2-4,11,14-15H2,1H3,(H,26,31)(H,28,30)(H,29,32)/b27-13-/t19-/m0/s1. The van der Waals surface area contributed by atoms with Crippen molar-refractivity contribution in [3.8, 4) is 11.5 Å². The number of hydrogen-bond acceptors (Lipinski definition) is 7. The number of benzene rings is 2. The zero-order chi connectivity index (χ0) is 25.0. The van der Waals surface area contributed by atoms with Gasteiger partial charge in [-0.05, 0) is 67.8 Å². The Morgan fingerprint density at radius 2 is 1.91 bits per heavy atom. The van der Waals surface area contributed by atoms with Crippen molar-refractivity contribution in [1.82, 2.24) is 10.7 Å². The average molecular weight is 503 g/mol. The number of amides is 3. The molecule has 2 aromatic carbocycles. The fourth-order valence-corrected chi connectivity index (χ4v) is 3.30. The van der Waals surface area contributed by atoms with Crippen molar-refractivity contribution in [3.05, 3.63) is 53.1 Å². The molecule has 0 bridgehead atoms. The van der Waals surface area contributed by atoms with Crippen molar-refractivity contribution in [2.75, 3.05) is 31.7 Å². The quantitative estimate of drug-likeness (QED) is 0.260. The van der Waals surface area contributed by atoms with E-state index in [4.69, 9.17) is 25.8 Å². The Morgan fingerprint density at radius 1 is 1.11 bits per heavy atom. The summed E-state index contributed by atoms with van der Waals surface area (Å²) < 4.78 is 16.6. The largest absolute Gasteiger partial charge is 0.490 e. The molecule has 1 atom stereocenters. The van der Waals surface area contributed by atoms with Gasteiger partial charge in [-0.1, -0.05) is 11.6 Å². The lowest BCUT2D eigenvalue weighted by atomic mass is 10.2. The van der Waals surface area contributed by atoms with E-state index in [2.05, 4.69) is 21.2 Å². The normalized spacial score (nSPS) is 15.0. The first-order valence-corrected chi connectivity index (χ1v) is 11.5. The first-order valence-electron chi connectivity index (χ1n) is 11.1. The number of anilines is 1. The highest BCUT2D eigenvalue weighted by Crippen LogP contribution is 2.28. The molecule has 1 saturated heterocycles. The van der Waals surface area contributed by atoms with Gasteiger partial charge >= 0.3 is 11.8 Å². The van der Waals surface area contributed by atoms with Gasteiger partial charge in [0.25, 0.3) is 5.91 Å². The first-order chi connectivity index (χ1) is 16.9. The van der Waals surface area contributed by atoms with Gasteiger partial charge in [0.05, 0.1) is 18.9 Å². The molecule has 3 amide bonds. The van der Waals surface area contributed by atoms with Crippen molar-refractivity contribution >= 4 is 41.2 Å². The summed E-state index contributed by atoms with van der Waals surface area (Å²) in [4.78, 5) is 35.9. The Hall–Kier alpha value is -3.63. The minimum Gasteiger partial charge on any atom is -0.490 e. The van der Waals surface area contributed by atoms with Crippen molar-refractivity contribution in [2.45, 2.75) is 25.9 Å². The molecule has 1 aliphatic heterocycles. The minimum atomic E-state index is -0.879. The van der Waals surface area contributed by atoms with Crippen LogP contribution < -0.4 is 25.5 Å². The van der Waals surface area contributed by atoms with E-state index in [9.17, 15) is 14.4 Å². The van der Waals surface area contributed by atoms with Crippen LogP contribution in [0.25, 0.3) is 0 Å². The van der Waals surface area contributed by atoms with Crippen LogP contribution in [0.2, 0.25) is 5.02 Å². The molecule has 1 heterocycles. The van der Waals surface area contributed by atoms with Crippen molar-refractivity contribution in [1.29, 1.82) is 0 Å². The molecular formula is C24H27ClN4O6. The van der Waals surface area contributed by atoms with Crippen LogP contribution in [0.1, 0.15) is 25.3 Å². The van der Waals surface area contributed by atoms with E-state index in [0.29, 0.717) is 41.0 Å². The maximum atomic E-state index is 12.2. The van der Waals surface area contributed by atoms with Gasteiger partial charge in [-0.15, -0.1) is 0 Å². The summed E-state index contributed by atoms with van der Waals surface area (Å²) in [5, 5.41) is 9.62. The highest BCUT2D eigenvalue weighted by atomic mass is 35.5. The third-order valence-electron chi connectivity index (χ3n) is 4.85. The maximum Gasteiger partial charge on any atom is 0.329 e. The van der Waals surface area contributed by atoms with Crippen molar-refractivity contribution in [3.63, 3.8) is 0 Å². The summed E-state index contributed by atoms with van der Waals surface area (Å²) in [5.74, 6) is -1.24. The number of nitrogens with one attached hydrogen (secondary N) is 3. The zero-order valence-corrected chi connectivity index (χ0v) is 20.0. The number of nitrogens with zero attached hydrogens (tertiary/aromatic N) is 1. The Morgan fingerprint density at radius 3 is 2.63 bits per heavy atom. The van der Waals surface area contributed by atoms with E-state index in [0.717, 1.165) is 12.8 Å². The summed E-state index contributed by atoms with van der Waals surface area (Å²) >= 11 is 5.84. The molecule has 35 heavy (non-hydrogen) atoms. The van der Waals surface area contributed by atoms with Gasteiger partial charge in [0.2, 0.25) is 0 Å². The van der Waals surface area contributed by atoms with E-state index < -0.39 is 11.8 Å². The van der Waals surface area contributed by atoms with Gasteiger partial charge in [-0.25, -0.2) is 5.43 Å². The molecular weight excluding hydrogens is 476 g/mol. The summed E-state index contributed by atoms with van der Waals surface area (Å²) in [6.07, 6.45) is 3.11. The predicted molar refractivity (Wildman–Crippen MR) is 131 cm³/mol. The number of hydrazone groups is 1. The molecule has 0 unspecified atom stereocenters. The number of ether oxygens (including phenoxy) is 3. The lowest BCUT2D eigenvalue weighted by molar-refractivity contribution is -0.139. The molecule has 10 nitrogen and oxygen atoms in total. The second-order valence-electron chi connectivity index (χ2n) is 7.53. The minimum absolute atomic E-state index is 0.0588. The fourth-order valence-electron chi connectivity index (χ4n) is 3.17. The van der Waals surface area contributed by atoms with Gasteiger partial charge in [-0.2, -0.15) is 5.10 Å². The van der Waals surface area contributed by atoms with Crippen molar-refractivity contribution in [2.24, 2.45) is 5.10 Å². The van der Waals surface area contributed by atoms with Crippen molar-refractivity contribution < 1.29 is 28.6 Å².